The summed E-state index contributed by atoms with van der Waals surface area (Å²) in [5.41, 5.74) is 2.58. The normalized spacial score (nSPS) is 22.9. The molecule has 2 rings (SSSR count). The number of aliphatic hydroxyl groups is 1. The van der Waals surface area contributed by atoms with E-state index in [1.165, 1.54) is 29.7 Å². The molecule has 0 aliphatic carbocycles. The third-order valence-electron chi connectivity index (χ3n) is 3.08. The van der Waals surface area contributed by atoms with Crippen LogP contribution >= 0.6 is 11.8 Å². The summed E-state index contributed by atoms with van der Waals surface area (Å²) in [6.45, 7) is 2.11. The molecule has 0 saturated carbocycles. The van der Waals surface area contributed by atoms with Crippen molar-refractivity contribution in [2.45, 2.75) is 37.5 Å². The van der Waals surface area contributed by atoms with Crippen LogP contribution in [-0.4, -0.2) is 22.2 Å². The Morgan fingerprint density at radius 2 is 2.27 bits per heavy atom. The predicted octanol–water partition coefficient (Wildman–Crippen LogP) is 2.79. The molecular formula is C13H18OS. The van der Waals surface area contributed by atoms with Crippen LogP contribution in [0.5, 0.6) is 0 Å². The lowest BCUT2D eigenvalue weighted by atomic mass is 10.00. The van der Waals surface area contributed by atoms with Crippen LogP contribution in [0.4, 0.5) is 0 Å². The summed E-state index contributed by atoms with van der Waals surface area (Å²) in [6, 6.07) is 8.34. The van der Waals surface area contributed by atoms with Crippen LogP contribution in [-0.2, 0) is 6.42 Å². The number of aliphatic hydroxyl groups excluding tert-OH is 1. The first-order valence-corrected chi connectivity index (χ1v) is 6.66. The minimum atomic E-state index is -0.168. The zero-order valence-electron chi connectivity index (χ0n) is 9.15. The van der Waals surface area contributed by atoms with E-state index >= 15 is 0 Å². The van der Waals surface area contributed by atoms with Crippen molar-refractivity contribution in [3.63, 3.8) is 0 Å². The van der Waals surface area contributed by atoms with Crippen molar-refractivity contribution in [1.29, 1.82) is 0 Å². The zero-order chi connectivity index (χ0) is 10.7. The van der Waals surface area contributed by atoms with Crippen LogP contribution in [0.15, 0.2) is 24.3 Å². The number of aryl methyl sites for hydroxylation is 1. The molecule has 1 heterocycles. The Balaban J connectivity index is 1.99. The Kier molecular flexibility index (Phi) is 3.71. The summed E-state index contributed by atoms with van der Waals surface area (Å²) in [7, 11) is 0. The van der Waals surface area contributed by atoms with Gasteiger partial charge in [0.1, 0.15) is 0 Å². The Hall–Kier alpha value is -0.470. The van der Waals surface area contributed by atoms with Crippen molar-refractivity contribution in [3.05, 3.63) is 35.4 Å². The van der Waals surface area contributed by atoms with Gasteiger partial charge in [-0.3, -0.25) is 0 Å². The third-order valence-corrected chi connectivity index (χ3v) is 4.59. The molecule has 1 fully saturated rings. The number of hydrogen-bond acceptors (Lipinski definition) is 2. The fourth-order valence-corrected chi connectivity index (χ4v) is 3.39. The summed E-state index contributed by atoms with van der Waals surface area (Å²) in [4.78, 5) is 0. The second kappa shape index (κ2) is 5.04. The van der Waals surface area contributed by atoms with Gasteiger partial charge in [-0.05, 0) is 43.1 Å². The number of thioether (sulfide) groups is 1. The minimum Gasteiger partial charge on any atom is -0.392 e. The Morgan fingerprint density at radius 3 is 2.93 bits per heavy atom. The number of benzene rings is 1. The summed E-state index contributed by atoms with van der Waals surface area (Å²) in [5.74, 6) is 1.22. The molecule has 1 aliphatic heterocycles. The van der Waals surface area contributed by atoms with Gasteiger partial charge in [-0.25, -0.2) is 0 Å². The quantitative estimate of drug-likeness (QED) is 0.848. The second-order valence-corrected chi connectivity index (χ2v) is 5.60. The van der Waals surface area contributed by atoms with Crippen LogP contribution in [0.3, 0.4) is 0 Å². The first-order chi connectivity index (χ1) is 7.27. The molecule has 0 bridgehead atoms. The zero-order valence-corrected chi connectivity index (χ0v) is 9.96. The van der Waals surface area contributed by atoms with E-state index in [1.807, 2.05) is 11.8 Å². The molecule has 2 unspecified atom stereocenters. The van der Waals surface area contributed by atoms with Crippen LogP contribution in [0.2, 0.25) is 0 Å². The van der Waals surface area contributed by atoms with E-state index in [0.717, 1.165) is 6.42 Å². The van der Waals surface area contributed by atoms with Crippen molar-refractivity contribution in [3.8, 4) is 0 Å². The first-order valence-electron chi connectivity index (χ1n) is 5.61. The molecule has 15 heavy (non-hydrogen) atoms. The van der Waals surface area contributed by atoms with E-state index in [4.69, 9.17) is 0 Å². The van der Waals surface area contributed by atoms with E-state index in [-0.39, 0.29) is 6.10 Å². The highest BCUT2D eigenvalue weighted by atomic mass is 32.2. The maximum Gasteiger partial charge on any atom is 0.0699 e. The van der Waals surface area contributed by atoms with E-state index < -0.39 is 0 Å². The Morgan fingerprint density at radius 1 is 1.47 bits per heavy atom. The van der Waals surface area contributed by atoms with E-state index in [0.29, 0.717) is 5.25 Å². The fourth-order valence-electron chi connectivity index (χ4n) is 2.10. The van der Waals surface area contributed by atoms with Gasteiger partial charge in [0.05, 0.1) is 6.10 Å². The van der Waals surface area contributed by atoms with Crippen molar-refractivity contribution >= 4 is 11.8 Å². The molecular weight excluding hydrogens is 204 g/mol. The number of rotatable bonds is 3. The van der Waals surface area contributed by atoms with Crippen molar-refractivity contribution in [1.82, 2.24) is 0 Å². The van der Waals surface area contributed by atoms with Gasteiger partial charge in [-0.2, -0.15) is 11.8 Å². The highest BCUT2D eigenvalue weighted by Gasteiger charge is 2.24. The summed E-state index contributed by atoms with van der Waals surface area (Å²) in [5, 5.41) is 10.6. The maximum absolute atomic E-state index is 10.1. The molecule has 1 saturated heterocycles. The lowest BCUT2D eigenvalue weighted by Gasteiger charge is -2.17. The summed E-state index contributed by atoms with van der Waals surface area (Å²) >= 11 is 1.93. The molecule has 0 amide bonds. The van der Waals surface area contributed by atoms with Gasteiger partial charge in [-0.1, -0.05) is 24.3 Å². The molecule has 0 radical (unpaired) electrons. The highest BCUT2D eigenvalue weighted by Crippen LogP contribution is 2.30. The van der Waals surface area contributed by atoms with Gasteiger partial charge < -0.3 is 5.11 Å². The van der Waals surface area contributed by atoms with Gasteiger partial charge in [0.15, 0.2) is 0 Å². The smallest absolute Gasteiger partial charge is 0.0699 e. The van der Waals surface area contributed by atoms with Gasteiger partial charge in [-0.15, -0.1) is 0 Å². The van der Waals surface area contributed by atoms with E-state index in [1.54, 1.807) is 0 Å². The largest absolute Gasteiger partial charge is 0.392 e. The van der Waals surface area contributed by atoms with Crippen LogP contribution in [0.25, 0.3) is 0 Å². The van der Waals surface area contributed by atoms with Crippen LogP contribution in [0.1, 0.15) is 24.0 Å². The second-order valence-electron chi connectivity index (χ2n) is 4.25. The molecule has 1 aromatic carbocycles. The highest BCUT2D eigenvalue weighted by molar-refractivity contribution is 8.00. The Labute approximate surface area is 95.9 Å². The predicted molar refractivity (Wildman–Crippen MR) is 66.4 cm³/mol. The lowest BCUT2D eigenvalue weighted by molar-refractivity contribution is 0.170. The molecule has 82 valence electrons. The van der Waals surface area contributed by atoms with Crippen molar-refractivity contribution in [2.24, 2.45) is 0 Å². The summed E-state index contributed by atoms with van der Waals surface area (Å²) < 4.78 is 0. The molecule has 0 spiro atoms. The number of hydrogen-bond donors (Lipinski definition) is 1. The topological polar surface area (TPSA) is 20.2 Å². The monoisotopic (exact) mass is 222 g/mol. The summed E-state index contributed by atoms with van der Waals surface area (Å²) in [6.07, 6.45) is 3.08. The third kappa shape index (κ3) is 2.76. The lowest BCUT2D eigenvalue weighted by Crippen LogP contribution is -2.23. The standard InChI is InChI=1S/C13H18OS/c1-10-5-2-3-6-11(10)9-12(14)13-7-4-8-15-13/h2-3,5-6,12-14H,4,7-9H2,1H3. The molecule has 2 atom stereocenters. The molecule has 1 aromatic rings. The molecule has 0 aromatic heterocycles. The van der Waals surface area contributed by atoms with Gasteiger partial charge >= 0.3 is 0 Å². The Bertz CT molecular complexity index is 318. The molecule has 1 nitrogen and oxygen atoms in total. The van der Waals surface area contributed by atoms with Crippen LogP contribution in [0, 0.1) is 6.92 Å². The first kappa shape index (κ1) is 11.0. The molecule has 1 aliphatic rings. The van der Waals surface area contributed by atoms with E-state index in [2.05, 4.69) is 31.2 Å². The fraction of sp³-hybridized carbons (Fsp3) is 0.538. The van der Waals surface area contributed by atoms with Gasteiger partial charge in [0.25, 0.3) is 0 Å². The maximum atomic E-state index is 10.1. The van der Waals surface area contributed by atoms with Crippen molar-refractivity contribution < 1.29 is 5.11 Å². The SMILES string of the molecule is Cc1ccccc1CC(O)C1CCCS1. The molecule has 2 heteroatoms. The van der Waals surface area contributed by atoms with Gasteiger partial charge in [0, 0.05) is 5.25 Å². The van der Waals surface area contributed by atoms with E-state index in [9.17, 15) is 5.11 Å². The van der Waals surface area contributed by atoms with Crippen LogP contribution < -0.4 is 0 Å². The molecule has 1 N–H and O–H groups in total. The van der Waals surface area contributed by atoms with Crippen molar-refractivity contribution in [2.75, 3.05) is 5.75 Å². The minimum absolute atomic E-state index is 0.168. The average molecular weight is 222 g/mol. The van der Waals surface area contributed by atoms with Gasteiger partial charge in [0.2, 0.25) is 0 Å². The average Bonchev–Trinajstić information content (AvgIpc) is 2.74.